The van der Waals surface area contributed by atoms with Gasteiger partial charge in [-0.05, 0) is 37.2 Å². The summed E-state index contributed by atoms with van der Waals surface area (Å²) in [6.45, 7) is 6.56. The molecule has 0 aromatic heterocycles. The first-order valence-electron chi connectivity index (χ1n) is 8.86. The molecule has 1 aromatic carbocycles. The van der Waals surface area contributed by atoms with Gasteiger partial charge in [0.05, 0.1) is 17.6 Å². The van der Waals surface area contributed by atoms with Crippen molar-refractivity contribution in [2.75, 3.05) is 13.2 Å². The third-order valence-corrected chi connectivity index (χ3v) is 5.33. The number of benzene rings is 1. The largest absolute Gasteiger partial charge is 0.493 e. The number of hydrogen-bond acceptors (Lipinski definition) is 5. The molecule has 0 unspecified atom stereocenters. The Morgan fingerprint density at radius 1 is 1.38 bits per heavy atom. The summed E-state index contributed by atoms with van der Waals surface area (Å²) in [4.78, 5) is 33.8. The van der Waals surface area contributed by atoms with Gasteiger partial charge in [0.15, 0.2) is 0 Å². The molecule has 0 aliphatic heterocycles. The Morgan fingerprint density at radius 3 is 2.73 bits per heavy atom. The molecule has 0 spiro atoms. The maximum atomic E-state index is 12.1. The molecule has 7 nitrogen and oxygen atoms in total. The molecule has 1 fully saturated rings. The van der Waals surface area contributed by atoms with Crippen LogP contribution in [0.1, 0.15) is 40.0 Å². The van der Waals surface area contributed by atoms with Gasteiger partial charge < -0.3 is 10.1 Å². The fourth-order valence-electron chi connectivity index (χ4n) is 3.53. The molecule has 26 heavy (non-hydrogen) atoms. The second-order valence-corrected chi connectivity index (χ2v) is 7.43. The lowest BCUT2D eigenvalue weighted by molar-refractivity contribution is -0.384. The van der Waals surface area contributed by atoms with E-state index in [9.17, 15) is 19.7 Å². The summed E-state index contributed by atoms with van der Waals surface area (Å²) in [6, 6.07) is 6.02. The molecule has 1 saturated carbocycles. The number of carbonyl (C=O) groups is 2. The number of non-ortho nitro benzene ring substituents is 1. The van der Waals surface area contributed by atoms with Gasteiger partial charge in [0.1, 0.15) is 11.5 Å². The Hall–Kier alpha value is -2.44. The fraction of sp³-hybridized carbons (Fsp3) is 0.579. The van der Waals surface area contributed by atoms with Crippen LogP contribution >= 0.6 is 0 Å². The molecule has 1 N–H and O–H groups in total. The number of carbonyl (C=O) groups excluding carboxylic acids is 2. The van der Waals surface area contributed by atoms with E-state index in [2.05, 4.69) is 5.32 Å². The summed E-state index contributed by atoms with van der Waals surface area (Å²) >= 11 is 0. The second-order valence-electron chi connectivity index (χ2n) is 7.43. The molecule has 0 saturated heterocycles. The van der Waals surface area contributed by atoms with Crippen LogP contribution < -0.4 is 10.1 Å². The van der Waals surface area contributed by atoms with Gasteiger partial charge in [-0.3, -0.25) is 19.7 Å². The molecule has 1 aromatic rings. The Morgan fingerprint density at radius 2 is 2.12 bits per heavy atom. The summed E-state index contributed by atoms with van der Waals surface area (Å²) in [5, 5.41) is 13.6. The molecular formula is C19H26N2O5. The van der Waals surface area contributed by atoms with Gasteiger partial charge in [0.2, 0.25) is 5.91 Å². The van der Waals surface area contributed by atoms with Gasteiger partial charge in [-0.2, -0.15) is 0 Å². The third kappa shape index (κ3) is 4.80. The number of amides is 1. The van der Waals surface area contributed by atoms with Gasteiger partial charge in [0, 0.05) is 24.9 Å². The van der Waals surface area contributed by atoms with Crippen molar-refractivity contribution in [2.45, 2.75) is 40.0 Å². The first kappa shape index (κ1) is 19.9. The van der Waals surface area contributed by atoms with Crippen LogP contribution in [-0.2, 0) is 9.59 Å². The first-order valence-corrected chi connectivity index (χ1v) is 8.86. The minimum absolute atomic E-state index is 0.0113. The summed E-state index contributed by atoms with van der Waals surface area (Å²) < 4.78 is 5.47. The number of rotatable bonds is 9. The average Bonchev–Trinajstić information content (AvgIpc) is 2.57. The predicted octanol–water partition coefficient (Wildman–Crippen LogP) is 3.12. The molecule has 1 amide bonds. The number of nitro groups is 1. The smallest absolute Gasteiger partial charge is 0.273 e. The highest BCUT2D eigenvalue weighted by atomic mass is 16.6. The van der Waals surface area contributed by atoms with Crippen LogP contribution in [0.4, 0.5) is 5.69 Å². The number of ether oxygens (including phenoxy) is 1. The standard InChI is InChI=1S/C19H26N2O5/c1-13(22)17-10-14(19(17,2)3)11-18(23)20-8-5-9-26-16-7-4-6-15(12-16)21(24)25/h4,6-7,12,14,17H,5,8-11H2,1-3H3,(H,20,23)/t14-,17+/m1/s1. The van der Waals surface area contributed by atoms with Crippen LogP contribution in [0.2, 0.25) is 0 Å². The monoisotopic (exact) mass is 362 g/mol. The van der Waals surface area contributed by atoms with Crippen LogP contribution in [0.3, 0.4) is 0 Å². The van der Waals surface area contributed by atoms with Crippen LogP contribution in [0.15, 0.2) is 24.3 Å². The van der Waals surface area contributed by atoms with E-state index in [1.807, 2.05) is 13.8 Å². The molecule has 142 valence electrons. The first-order chi connectivity index (χ1) is 12.2. The minimum atomic E-state index is -0.467. The molecule has 1 aliphatic carbocycles. The van der Waals surface area contributed by atoms with E-state index < -0.39 is 4.92 Å². The Kier molecular flexibility index (Phi) is 6.34. The lowest BCUT2D eigenvalue weighted by Crippen LogP contribution is -2.49. The summed E-state index contributed by atoms with van der Waals surface area (Å²) in [7, 11) is 0. The minimum Gasteiger partial charge on any atom is -0.493 e. The number of ketones is 1. The van der Waals surface area contributed by atoms with E-state index in [1.165, 1.54) is 12.1 Å². The van der Waals surface area contributed by atoms with Gasteiger partial charge in [-0.15, -0.1) is 0 Å². The predicted molar refractivity (Wildman–Crippen MR) is 96.9 cm³/mol. The van der Waals surface area contributed by atoms with Crippen molar-refractivity contribution in [1.82, 2.24) is 5.32 Å². The second kappa shape index (κ2) is 8.29. The van der Waals surface area contributed by atoms with Crippen molar-refractivity contribution in [3.63, 3.8) is 0 Å². The number of nitrogens with zero attached hydrogens (tertiary/aromatic N) is 1. The van der Waals surface area contributed by atoms with Gasteiger partial charge in [0.25, 0.3) is 5.69 Å². The highest BCUT2D eigenvalue weighted by molar-refractivity contribution is 5.81. The molecule has 0 bridgehead atoms. The quantitative estimate of drug-likeness (QED) is 0.413. The van der Waals surface area contributed by atoms with Crippen LogP contribution in [-0.4, -0.2) is 29.8 Å². The summed E-state index contributed by atoms with van der Waals surface area (Å²) in [5.74, 6) is 0.920. The Bertz CT molecular complexity index is 686. The van der Waals surface area contributed by atoms with E-state index in [-0.39, 0.29) is 34.6 Å². The van der Waals surface area contributed by atoms with E-state index in [1.54, 1.807) is 19.1 Å². The third-order valence-electron chi connectivity index (χ3n) is 5.33. The molecule has 0 heterocycles. The highest BCUT2D eigenvalue weighted by Crippen LogP contribution is 2.53. The van der Waals surface area contributed by atoms with Crippen molar-refractivity contribution in [3.8, 4) is 5.75 Å². The number of hydrogen-bond donors (Lipinski definition) is 1. The van der Waals surface area contributed by atoms with Crippen LogP contribution in [0, 0.1) is 27.4 Å². The van der Waals surface area contributed by atoms with Gasteiger partial charge in [-0.1, -0.05) is 19.9 Å². The zero-order chi connectivity index (χ0) is 19.3. The summed E-state index contributed by atoms with van der Waals surface area (Å²) in [5.41, 5.74) is -0.128. The van der Waals surface area contributed by atoms with Gasteiger partial charge in [-0.25, -0.2) is 0 Å². The Balaban J connectivity index is 1.64. The van der Waals surface area contributed by atoms with Crippen LogP contribution in [0.25, 0.3) is 0 Å². The number of Topliss-reactive ketones (excluding diaryl/α,β-unsaturated/α-hetero) is 1. The van der Waals surface area contributed by atoms with Crippen molar-refractivity contribution in [2.24, 2.45) is 17.3 Å². The van der Waals surface area contributed by atoms with E-state index in [0.717, 1.165) is 6.42 Å². The van der Waals surface area contributed by atoms with E-state index >= 15 is 0 Å². The SMILES string of the molecule is CC(=O)[C@@H]1C[C@H](CC(=O)NCCCOc2cccc([N+](=O)[O-])c2)C1(C)C. The number of nitrogens with one attached hydrogen (secondary N) is 1. The van der Waals surface area contributed by atoms with Crippen molar-refractivity contribution < 1.29 is 19.2 Å². The normalized spacial score (nSPS) is 20.7. The van der Waals surface area contributed by atoms with Crippen molar-refractivity contribution in [1.29, 1.82) is 0 Å². The fourth-order valence-corrected chi connectivity index (χ4v) is 3.53. The van der Waals surface area contributed by atoms with Gasteiger partial charge >= 0.3 is 0 Å². The Labute approximate surface area is 153 Å². The molecular weight excluding hydrogens is 336 g/mol. The van der Waals surface area contributed by atoms with E-state index in [4.69, 9.17) is 4.74 Å². The highest BCUT2D eigenvalue weighted by Gasteiger charge is 2.50. The molecule has 0 radical (unpaired) electrons. The lowest BCUT2D eigenvalue weighted by atomic mass is 9.52. The molecule has 7 heteroatoms. The van der Waals surface area contributed by atoms with E-state index in [0.29, 0.717) is 31.7 Å². The summed E-state index contributed by atoms with van der Waals surface area (Å²) in [6.07, 6.45) is 1.83. The average molecular weight is 362 g/mol. The van der Waals surface area contributed by atoms with Crippen molar-refractivity contribution in [3.05, 3.63) is 34.4 Å². The zero-order valence-electron chi connectivity index (χ0n) is 15.5. The molecule has 1 aliphatic rings. The number of nitro benzene ring substituents is 1. The van der Waals surface area contributed by atoms with Crippen molar-refractivity contribution >= 4 is 17.4 Å². The molecule has 2 rings (SSSR count). The topological polar surface area (TPSA) is 98.5 Å². The maximum absolute atomic E-state index is 12.1. The van der Waals surface area contributed by atoms with Crippen LogP contribution in [0.5, 0.6) is 5.75 Å². The maximum Gasteiger partial charge on any atom is 0.273 e. The zero-order valence-corrected chi connectivity index (χ0v) is 15.5. The molecule has 2 atom stereocenters. The lowest BCUT2D eigenvalue weighted by Gasteiger charge is -2.51.